The third-order valence-corrected chi connectivity index (χ3v) is 8.44. The van der Waals surface area contributed by atoms with Crippen molar-refractivity contribution in [1.29, 1.82) is 0 Å². The summed E-state index contributed by atoms with van der Waals surface area (Å²) in [5.41, 5.74) is 7.78. The smallest absolute Gasteiger partial charge is 0.250 e. The van der Waals surface area contributed by atoms with Crippen LogP contribution < -0.4 is 11.1 Å². The van der Waals surface area contributed by atoms with Crippen LogP contribution in [0.4, 0.5) is 4.39 Å². The molecule has 3 N–H and O–H groups in total. The summed E-state index contributed by atoms with van der Waals surface area (Å²) < 4.78 is 14.2. The molecule has 0 aliphatic carbocycles. The molecule has 1 saturated heterocycles. The fourth-order valence-corrected chi connectivity index (χ4v) is 6.04. The van der Waals surface area contributed by atoms with Gasteiger partial charge in [-0.2, -0.15) is 0 Å². The summed E-state index contributed by atoms with van der Waals surface area (Å²) in [6.45, 7) is 1.56. The molecule has 0 saturated carbocycles. The maximum absolute atomic E-state index is 14.5. The van der Waals surface area contributed by atoms with Gasteiger partial charge in [0, 0.05) is 31.4 Å². The summed E-state index contributed by atoms with van der Waals surface area (Å²) >= 11 is 6.14. The number of aromatic nitrogens is 1. The molecule has 4 aromatic rings. The first kappa shape index (κ1) is 31.6. The van der Waals surface area contributed by atoms with Crippen LogP contribution in [0.25, 0.3) is 10.8 Å². The third kappa shape index (κ3) is 7.12. The van der Waals surface area contributed by atoms with E-state index in [1.54, 1.807) is 31.5 Å². The van der Waals surface area contributed by atoms with E-state index in [9.17, 15) is 23.6 Å². The first-order valence-corrected chi connectivity index (χ1v) is 15.0. The Bertz CT molecular complexity index is 1730. The van der Waals surface area contributed by atoms with Gasteiger partial charge in [-0.25, -0.2) is 4.39 Å². The Balaban J connectivity index is 1.46. The van der Waals surface area contributed by atoms with E-state index in [0.717, 1.165) is 28.0 Å². The van der Waals surface area contributed by atoms with Gasteiger partial charge in [-0.05, 0) is 65.1 Å². The summed E-state index contributed by atoms with van der Waals surface area (Å²) in [5.74, 6) is -2.82. The Labute approximate surface area is 265 Å². The lowest BCUT2D eigenvalue weighted by atomic mass is 9.96. The Kier molecular flexibility index (Phi) is 9.73. The Morgan fingerprint density at radius 3 is 2.53 bits per heavy atom. The number of pyridine rings is 1. The average molecular weight is 630 g/mol. The van der Waals surface area contributed by atoms with Crippen LogP contribution in [0, 0.1) is 5.82 Å². The van der Waals surface area contributed by atoms with E-state index in [0.29, 0.717) is 6.42 Å². The number of carbonyl (C=O) groups excluding carboxylic acids is 4. The zero-order valence-corrected chi connectivity index (χ0v) is 25.4. The number of halogens is 2. The zero-order valence-electron chi connectivity index (χ0n) is 24.7. The van der Waals surface area contributed by atoms with Crippen molar-refractivity contribution in [1.82, 2.24) is 20.1 Å². The number of carbonyl (C=O) groups is 4. The van der Waals surface area contributed by atoms with E-state index in [1.807, 2.05) is 42.5 Å². The Morgan fingerprint density at radius 2 is 1.80 bits per heavy atom. The molecular formula is C34H33ClFN5O4. The number of amides is 4. The molecule has 4 amide bonds. The van der Waals surface area contributed by atoms with E-state index < -0.39 is 41.7 Å². The first-order chi connectivity index (χ1) is 21.6. The minimum absolute atomic E-state index is 0.0452. The van der Waals surface area contributed by atoms with Crippen molar-refractivity contribution in [3.63, 3.8) is 0 Å². The van der Waals surface area contributed by atoms with Crippen LogP contribution in [0.3, 0.4) is 0 Å². The number of nitrogens with zero attached hydrogens (tertiary/aromatic N) is 3. The summed E-state index contributed by atoms with van der Waals surface area (Å²) in [4.78, 5) is 60.6. The van der Waals surface area contributed by atoms with E-state index in [-0.39, 0.29) is 42.4 Å². The second-order valence-electron chi connectivity index (χ2n) is 11.1. The van der Waals surface area contributed by atoms with Crippen LogP contribution in [0.15, 0.2) is 85.2 Å². The van der Waals surface area contributed by atoms with Crippen molar-refractivity contribution in [2.75, 3.05) is 13.1 Å². The average Bonchev–Trinajstić information content (AvgIpc) is 3.16. The normalized spacial score (nSPS) is 17.5. The quantitative estimate of drug-likeness (QED) is 0.290. The van der Waals surface area contributed by atoms with Crippen molar-refractivity contribution in [3.8, 4) is 0 Å². The highest BCUT2D eigenvalue weighted by Crippen LogP contribution is 2.33. The van der Waals surface area contributed by atoms with Gasteiger partial charge in [0.1, 0.15) is 17.9 Å². The van der Waals surface area contributed by atoms with Gasteiger partial charge in [0.25, 0.3) is 5.91 Å². The van der Waals surface area contributed by atoms with Crippen molar-refractivity contribution in [2.24, 2.45) is 5.73 Å². The van der Waals surface area contributed by atoms with Gasteiger partial charge in [0.05, 0.1) is 18.0 Å². The standard InChI is InChI=1S/C34H33ClFN5O4/c1-21-13-16-40(29(33(37)44)19-24-7-4-6-23-5-2-3-8-26(23)24)34(45)32(25-9-10-28(36)27(35)18-25)41(21)31(43)20-39-30(42)17-22-11-14-38-15-12-22/h2-12,14-15,18,21,29,32H,13,16-17,19-20H2,1H3,(H2,37,44)(H,39,42)/t21-,29?,32-/m1/s1. The minimum Gasteiger partial charge on any atom is -0.368 e. The number of nitrogens with one attached hydrogen (secondary N) is 1. The molecule has 1 fully saturated rings. The fraction of sp³-hybridized carbons (Fsp3) is 0.265. The second-order valence-corrected chi connectivity index (χ2v) is 11.5. The van der Waals surface area contributed by atoms with E-state index >= 15 is 0 Å². The number of nitrogens with two attached hydrogens (primary N) is 1. The summed E-state index contributed by atoms with van der Waals surface area (Å²) in [6.07, 6.45) is 3.67. The molecule has 1 aliphatic rings. The summed E-state index contributed by atoms with van der Waals surface area (Å²) in [5, 5.41) is 4.34. The molecule has 0 radical (unpaired) electrons. The summed E-state index contributed by atoms with van der Waals surface area (Å²) in [6, 6.07) is 17.9. The van der Waals surface area contributed by atoms with Crippen LogP contribution >= 0.6 is 11.6 Å². The number of hydrogen-bond donors (Lipinski definition) is 2. The molecular weight excluding hydrogens is 597 g/mol. The SMILES string of the molecule is C[C@@H]1CCN(C(Cc2cccc3ccccc23)C(N)=O)C(=O)[C@@H](c2ccc(F)c(Cl)c2)N1C(=O)CNC(=O)Cc1ccncc1. The zero-order chi connectivity index (χ0) is 32.1. The molecule has 3 atom stereocenters. The molecule has 0 spiro atoms. The number of rotatable bonds is 9. The number of hydrogen-bond acceptors (Lipinski definition) is 5. The Morgan fingerprint density at radius 1 is 1.07 bits per heavy atom. The monoisotopic (exact) mass is 629 g/mol. The van der Waals surface area contributed by atoms with Gasteiger partial charge < -0.3 is 20.9 Å². The van der Waals surface area contributed by atoms with Crippen LogP contribution in [0.1, 0.15) is 36.1 Å². The maximum Gasteiger partial charge on any atom is 0.250 e. The molecule has 232 valence electrons. The van der Waals surface area contributed by atoms with Gasteiger partial charge in [0.2, 0.25) is 17.7 Å². The third-order valence-electron chi connectivity index (χ3n) is 8.15. The molecule has 2 heterocycles. The highest BCUT2D eigenvalue weighted by atomic mass is 35.5. The molecule has 0 bridgehead atoms. The first-order valence-electron chi connectivity index (χ1n) is 14.6. The molecule has 3 aromatic carbocycles. The fourth-order valence-electron chi connectivity index (χ4n) is 5.85. The number of benzene rings is 3. The topological polar surface area (TPSA) is 126 Å². The largest absolute Gasteiger partial charge is 0.368 e. The lowest BCUT2D eigenvalue weighted by Crippen LogP contribution is -2.53. The summed E-state index contributed by atoms with van der Waals surface area (Å²) in [7, 11) is 0. The lowest BCUT2D eigenvalue weighted by molar-refractivity contribution is -0.148. The van der Waals surface area contributed by atoms with Crippen LogP contribution in [-0.2, 0) is 32.0 Å². The van der Waals surface area contributed by atoms with E-state index in [2.05, 4.69) is 10.3 Å². The molecule has 45 heavy (non-hydrogen) atoms. The van der Waals surface area contributed by atoms with E-state index in [4.69, 9.17) is 17.3 Å². The van der Waals surface area contributed by atoms with Gasteiger partial charge >= 0.3 is 0 Å². The minimum atomic E-state index is -1.25. The molecule has 1 unspecified atom stereocenters. The van der Waals surface area contributed by atoms with Gasteiger partial charge in [0.15, 0.2) is 0 Å². The molecule has 1 aliphatic heterocycles. The highest BCUT2D eigenvalue weighted by molar-refractivity contribution is 6.30. The van der Waals surface area contributed by atoms with Crippen LogP contribution in [0.2, 0.25) is 5.02 Å². The van der Waals surface area contributed by atoms with Crippen LogP contribution in [-0.4, -0.2) is 63.6 Å². The van der Waals surface area contributed by atoms with E-state index in [1.165, 1.54) is 21.9 Å². The number of fused-ring (bicyclic) bond motifs is 1. The molecule has 9 nitrogen and oxygen atoms in total. The Hall–Kier alpha value is -4.83. The van der Waals surface area contributed by atoms with Crippen molar-refractivity contribution in [2.45, 2.75) is 44.3 Å². The lowest BCUT2D eigenvalue weighted by Gasteiger charge is -2.36. The number of primary amides is 1. The van der Waals surface area contributed by atoms with Crippen molar-refractivity contribution in [3.05, 3.63) is 113 Å². The van der Waals surface area contributed by atoms with Gasteiger partial charge in [-0.3, -0.25) is 24.2 Å². The molecule has 11 heteroatoms. The predicted octanol–water partition coefficient (Wildman–Crippen LogP) is 3.97. The molecule has 1 aromatic heterocycles. The van der Waals surface area contributed by atoms with Gasteiger partial charge in [-0.1, -0.05) is 60.1 Å². The highest BCUT2D eigenvalue weighted by Gasteiger charge is 2.43. The predicted molar refractivity (Wildman–Crippen MR) is 168 cm³/mol. The molecule has 5 rings (SSSR count). The van der Waals surface area contributed by atoms with Gasteiger partial charge in [-0.15, -0.1) is 0 Å². The van der Waals surface area contributed by atoms with Crippen LogP contribution in [0.5, 0.6) is 0 Å². The van der Waals surface area contributed by atoms with Crippen molar-refractivity contribution >= 4 is 46.0 Å². The van der Waals surface area contributed by atoms with Crippen molar-refractivity contribution < 1.29 is 23.6 Å². The second kappa shape index (κ2) is 13.9. The maximum atomic E-state index is 14.5.